The van der Waals surface area contributed by atoms with Crippen LogP contribution in [0.5, 0.6) is 0 Å². The summed E-state index contributed by atoms with van der Waals surface area (Å²) in [5.74, 6) is -0.495. The van der Waals surface area contributed by atoms with Crippen LogP contribution in [0.1, 0.15) is 31.7 Å². The number of hydroxylamine groups is 2. The molecule has 2 aromatic rings. The predicted molar refractivity (Wildman–Crippen MR) is 103 cm³/mol. The number of amides is 2. The van der Waals surface area contributed by atoms with Gasteiger partial charge in [-0.25, -0.2) is 9.59 Å². The standard InChI is InChI=1S/C17H23N3O3S.ClH/c1-4-19(5-2)11-16(21)23-20(17(18)22)12(3)15-10-13-8-6-7-9-14(13)24-15;/h6-10,12H,4-5,11H2,1-3H3,(H2,18,22);1H. The number of benzene rings is 1. The van der Waals surface area contributed by atoms with Crippen molar-refractivity contribution in [2.45, 2.75) is 26.8 Å². The van der Waals surface area contributed by atoms with Crippen molar-refractivity contribution in [3.05, 3.63) is 35.2 Å². The van der Waals surface area contributed by atoms with Crippen LogP contribution in [0.15, 0.2) is 30.3 Å². The molecule has 0 bridgehead atoms. The highest BCUT2D eigenvalue weighted by Gasteiger charge is 2.26. The monoisotopic (exact) mass is 385 g/mol. The van der Waals surface area contributed by atoms with Crippen LogP contribution in [-0.4, -0.2) is 41.6 Å². The van der Waals surface area contributed by atoms with Gasteiger partial charge in [0.25, 0.3) is 0 Å². The average molecular weight is 386 g/mol. The van der Waals surface area contributed by atoms with Crippen molar-refractivity contribution in [1.29, 1.82) is 0 Å². The van der Waals surface area contributed by atoms with E-state index in [0.29, 0.717) is 0 Å². The molecule has 2 amide bonds. The maximum absolute atomic E-state index is 12.1. The number of likely N-dealkylation sites (N-methyl/N-ethyl adjacent to an activating group) is 1. The van der Waals surface area contributed by atoms with Gasteiger partial charge in [0.2, 0.25) is 0 Å². The fraction of sp³-hybridized carbons (Fsp3) is 0.412. The van der Waals surface area contributed by atoms with E-state index >= 15 is 0 Å². The number of carbonyl (C=O) groups excluding carboxylic acids is 2. The number of rotatable bonds is 6. The van der Waals surface area contributed by atoms with Gasteiger partial charge in [0.15, 0.2) is 0 Å². The van der Waals surface area contributed by atoms with Gasteiger partial charge in [-0.3, -0.25) is 4.90 Å². The third-order valence-electron chi connectivity index (χ3n) is 3.87. The Morgan fingerprint density at radius 3 is 2.44 bits per heavy atom. The van der Waals surface area contributed by atoms with Gasteiger partial charge in [-0.15, -0.1) is 28.8 Å². The summed E-state index contributed by atoms with van der Waals surface area (Å²) >= 11 is 1.55. The molecule has 0 saturated heterocycles. The number of hydrogen-bond donors (Lipinski definition) is 1. The molecule has 8 heteroatoms. The molecule has 1 aromatic carbocycles. The minimum absolute atomic E-state index is 0. The first-order chi connectivity index (χ1) is 11.5. The van der Waals surface area contributed by atoms with E-state index in [1.165, 1.54) is 0 Å². The van der Waals surface area contributed by atoms with Gasteiger partial charge in [0, 0.05) is 9.58 Å². The number of nitrogens with zero attached hydrogens (tertiary/aromatic N) is 2. The first-order valence-corrected chi connectivity index (χ1v) is 8.78. The third kappa shape index (κ3) is 5.32. The molecule has 0 spiro atoms. The van der Waals surface area contributed by atoms with Crippen LogP contribution in [0.3, 0.4) is 0 Å². The highest BCUT2D eigenvalue weighted by atomic mass is 35.5. The summed E-state index contributed by atoms with van der Waals surface area (Å²) in [5.41, 5.74) is 5.41. The molecule has 0 radical (unpaired) electrons. The zero-order valence-electron chi connectivity index (χ0n) is 14.6. The normalized spacial score (nSPS) is 11.8. The maximum atomic E-state index is 12.1. The van der Waals surface area contributed by atoms with Crippen molar-refractivity contribution in [2.75, 3.05) is 19.6 Å². The van der Waals surface area contributed by atoms with Crippen molar-refractivity contribution in [3.8, 4) is 0 Å². The van der Waals surface area contributed by atoms with Crippen molar-refractivity contribution in [3.63, 3.8) is 0 Å². The van der Waals surface area contributed by atoms with Crippen LogP contribution in [0.4, 0.5) is 4.79 Å². The number of nitrogens with two attached hydrogens (primary N) is 1. The Hall–Kier alpha value is -1.83. The lowest BCUT2D eigenvalue weighted by Crippen LogP contribution is -2.42. The van der Waals surface area contributed by atoms with E-state index in [2.05, 4.69) is 0 Å². The molecule has 0 aliphatic carbocycles. The number of hydrogen-bond acceptors (Lipinski definition) is 5. The molecule has 0 aliphatic rings. The summed E-state index contributed by atoms with van der Waals surface area (Å²) in [6.07, 6.45) is 0. The Balaban J connectivity index is 0.00000312. The zero-order valence-corrected chi connectivity index (χ0v) is 16.2. The summed E-state index contributed by atoms with van der Waals surface area (Å²) < 4.78 is 1.11. The van der Waals surface area contributed by atoms with Crippen molar-refractivity contribution >= 4 is 45.8 Å². The Morgan fingerprint density at radius 1 is 1.24 bits per heavy atom. The fourth-order valence-electron chi connectivity index (χ4n) is 2.41. The van der Waals surface area contributed by atoms with Crippen LogP contribution in [0.25, 0.3) is 10.1 Å². The predicted octanol–water partition coefficient (Wildman–Crippen LogP) is 3.56. The van der Waals surface area contributed by atoms with E-state index in [1.807, 2.05) is 49.1 Å². The van der Waals surface area contributed by atoms with Gasteiger partial charge in [-0.1, -0.05) is 32.0 Å². The van der Waals surface area contributed by atoms with E-state index in [0.717, 1.165) is 33.1 Å². The lowest BCUT2D eigenvalue weighted by Gasteiger charge is -2.26. The molecule has 1 unspecified atom stereocenters. The van der Waals surface area contributed by atoms with Crippen molar-refractivity contribution < 1.29 is 14.4 Å². The molecular weight excluding hydrogens is 362 g/mol. The second-order valence-electron chi connectivity index (χ2n) is 5.45. The summed E-state index contributed by atoms with van der Waals surface area (Å²) in [4.78, 5) is 31.9. The molecule has 6 nitrogen and oxygen atoms in total. The summed E-state index contributed by atoms with van der Waals surface area (Å²) in [6, 6.07) is 8.69. The number of fused-ring (bicyclic) bond motifs is 1. The summed E-state index contributed by atoms with van der Waals surface area (Å²) in [7, 11) is 0. The minimum atomic E-state index is -0.784. The first kappa shape index (κ1) is 21.2. The molecule has 1 aromatic heterocycles. The van der Waals surface area contributed by atoms with Crippen molar-refractivity contribution in [2.24, 2.45) is 5.73 Å². The first-order valence-electron chi connectivity index (χ1n) is 7.96. The van der Waals surface area contributed by atoms with Crippen molar-refractivity contribution in [1.82, 2.24) is 9.96 Å². The highest BCUT2D eigenvalue weighted by Crippen LogP contribution is 2.32. The third-order valence-corrected chi connectivity index (χ3v) is 5.16. The quantitative estimate of drug-likeness (QED) is 0.771. The number of primary amides is 1. The molecule has 138 valence electrons. The molecular formula is C17H24ClN3O3S. The topological polar surface area (TPSA) is 75.9 Å². The zero-order chi connectivity index (χ0) is 17.7. The summed E-state index contributed by atoms with van der Waals surface area (Å²) in [5, 5.41) is 2.04. The van der Waals surface area contributed by atoms with E-state index in [-0.39, 0.29) is 19.0 Å². The van der Waals surface area contributed by atoms with Gasteiger partial charge in [0.05, 0.1) is 6.54 Å². The number of urea groups is 1. The van der Waals surface area contributed by atoms with Crippen LogP contribution < -0.4 is 5.73 Å². The number of carbonyl (C=O) groups is 2. The second-order valence-corrected chi connectivity index (χ2v) is 6.57. The van der Waals surface area contributed by atoms with Crippen LogP contribution in [0.2, 0.25) is 0 Å². The molecule has 2 rings (SSSR count). The van der Waals surface area contributed by atoms with Crippen LogP contribution in [-0.2, 0) is 9.63 Å². The maximum Gasteiger partial charge on any atom is 0.348 e. The van der Waals surface area contributed by atoms with Crippen LogP contribution >= 0.6 is 23.7 Å². The lowest BCUT2D eigenvalue weighted by molar-refractivity contribution is -0.184. The Labute approximate surface area is 157 Å². The van der Waals surface area contributed by atoms with E-state index in [1.54, 1.807) is 18.3 Å². The number of halogens is 1. The smallest absolute Gasteiger partial charge is 0.348 e. The van der Waals surface area contributed by atoms with E-state index < -0.39 is 18.0 Å². The highest BCUT2D eigenvalue weighted by molar-refractivity contribution is 7.19. The second kappa shape index (κ2) is 9.60. The molecule has 0 fully saturated rings. The number of thiophene rings is 1. The molecule has 1 heterocycles. The largest absolute Gasteiger partial charge is 0.349 e. The molecule has 2 N–H and O–H groups in total. The van der Waals surface area contributed by atoms with Gasteiger partial charge < -0.3 is 10.6 Å². The summed E-state index contributed by atoms with van der Waals surface area (Å²) in [6.45, 7) is 7.29. The van der Waals surface area contributed by atoms with Crippen LogP contribution in [0, 0.1) is 0 Å². The fourth-order valence-corrected chi connectivity index (χ4v) is 3.50. The van der Waals surface area contributed by atoms with E-state index in [9.17, 15) is 9.59 Å². The SMILES string of the molecule is CCN(CC)CC(=O)ON(C(N)=O)C(C)c1cc2ccccc2s1.Cl. The Morgan fingerprint density at radius 2 is 1.88 bits per heavy atom. The van der Waals surface area contributed by atoms with Gasteiger partial charge >= 0.3 is 12.0 Å². The van der Waals surface area contributed by atoms with Gasteiger partial charge in [-0.2, -0.15) is 0 Å². The van der Waals surface area contributed by atoms with Gasteiger partial charge in [-0.05, 0) is 37.5 Å². The molecule has 0 saturated carbocycles. The minimum Gasteiger partial charge on any atom is -0.349 e. The lowest BCUT2D eigenvalue weighted by atomic mass is 10.2. The Kier molecular flexibility index (Phi) is 8.15. The van der Waals surface area contributed by atoms with Gasteiger partial charge in [0.1, 0.15) is 6.04 Å². The average Bonchev–Trinajstić information content (AvgIpc) is 3.00. The van der Waals surface area contributed by atoms with E-state index in [4.69, 9.17) is 10.6 Å². The molecule has 0 aliphatic heterocycles. The Bertz CT molecular complexity index is 685. The molecule has 25 heavy (non-hydrogen) atoms. The molecule has 1 atom stereocenters.